The molecule has 5 heteroatoms. The average Bonchev–Trinajstić information content (AvgIpc) is 2.27. The molecular formula is C13H18N2O2S. The first-order chi connectivity index (χ1) is 8.18. The monoisotopic (exact) mass is 266 g/mol. The average molecular weight is 266 g/mol. The smallest absolute Gasteiger partial charge is 0.207 e. The zero-order chi connectivity index (χ0) is 14.0. The molecule has 0 radical (unpaired) electrons. The lowest BCUT2D eigenvalue weighted by molar-refractivity contribution is 0.552. The number of benzene rings is 1. The fourth-order valence-corrected chi connectivity index (χ4v) is 3.21. The second kappa shape index (κ2) is 5.09. The lowest BCUT2D eigenvalue weighted by Crippen LogP contribution is -2.33. The summed E-state index contributed by atoms with van der Waals surface area (Å²) in [4.78, 5) is 0.236. The fourth-order valence-electron chi connectivity index (χ4n) is 1.64. The summed E-state index contributed by atoms with van der Waals surface area (Å²) in [6, 6.07) is 7.97. The van der Waals surface area contributed by atoms with Gasteiger partial charge in [0.1, 0.15) is 6.04 Å². The zero-order valence-corrected chi connectivity index (χ0v) is 11.9. The van der Waals surface area contributed by atoms with Gasteiger partial charge in [-0.1, -0.05) is 39.0 Å². The van der Waals surface area contributed by atoms with Crippen LogP contribution in [0.15, 0.2) is 29.2 Å². The van der Waals surface area contributed by atoms with Crippen LogP contribution in [0.5, 0.6) is 0 Å². The molecule has 98 valence electrons. The molecule has 1 aromatic rings. The lowest BCUT2D eigenvalue weighted by Gasteiger charge is -2.23. The van der Waals surface area contributed by atoms with Crippen molar-refractivity contribution in [1.82, 2.24) is 4.72 Å². The molecule has 0 amide bonds. The van der Waals surface area contributed by atoms with Crippen LogP contribution < -0.4 is 4.72 Å². The summed E-state index contributed by atoms with van der Waals surface area (Å²) in [6.07, 6.45) is 0. The summed E-state index contributed by atoms with van der Waals surface area (Å²) in [5, 5.41) is 8.70. The van der Waals surface area contributed by atoms with Gasteiger partial charge >= 0.3 is 0 Å². The Bertz CT molecular complexity index is 565. The third-order valence-corrected chi connectivity index (χ3v) is 4.11. The van der Waals surface area contributed by atoms with Crippen molar-refractivity contribution < 1.29 is 8.42 Å². The van der Waals surface area contributed by atoms with E-state index in [2.05, 4.69) is 4.72 Å². The van der Waals surface area contributed by atoms with Gasteiger partial charge in [-0.2, -0.15) is 9.98 Å². The van der Waals surface area contributed by atoms with Gasteiger partial charge in [-0.3, -0.25) is 0 Å². The maximum atomic E-state index is 12.2. The van der Waals surface area contributed by atoms with E-state index in [0.29, 0.717) is 0 Å². The molecule has 0 aromatic heterocycles. The molecule has 0 fully saturated rings. The maximum Gasteiger partial charge on any atom is 0.242 e. The van der Waals surface area contributed by atoms with E-state index in [-0.39, 0.29) is 10.3 Å². The molecular weight excluding hydrogens is 248 g/mol. The van der Waals surface area contributed by atoms with Crippen molar-refractivity contribution in [2.75, 3.05) is 0 Å². The molecule has 4 nitrogen and oxygen atoms in total. The first kappa shape index (κ1) is 14.7. The molecule has 0 heterocycles. The Balaban J connectivity index is 3.31. The van der Waals surface area contributed by atoms with Gasteiger partial charge in [-0.05, 0) is 24.0 Å². The minimum atomic E-state index is -3.66. The van der Waals surface area contributed by atoms with Crippen LogP contribution >= 0.6 is 0 Å². The van der Waals surface area contributed by atoms with Crippen LogP contribution in [0.3, 0.4) is 0 Å². The summed E-state index contributed by atoms with van der Waals surface area (Å²) >= 11 is 0. The highest BCUT2D eigenvalue weighted by Crippen LogP contribution is 2.28. The van der Waals surface area contributed by atoms with Gasteiger partial charge in [0.2, 0.25) is 10.0 Å². The maximum absolute atomic E-state index is 12.2. The number of rotatable bonds is 3. The largest absolute Gasteiger partial charge is 0.242 e. The van der Waals surface area contributed by atoms with Crippen LogP contribution in [0.2, 0.25) is 0 Å². The third kappa shape index (κ3) is 3.31. The molecule has 0 bridgehead atoms. The molecule has 0 aliphatic rings. The van der Waals surface area contributed by atoms with Crippen LogP contribution in [0, 0.1) is 11.3 Å². The van der Waals surface area contributed by atoms with Crippen LogP contribution in [-0.4, -0.2) is 14.5 Å². The molecule has 1 aromatic carbocycles. The number of hydrogen-bond donors (Lipinski definition) is 1. The van der Waals surface area contributed by atoms with Gasteiger partial charge in [0.15, 0.2) is 0 Å². The summed E-state index contributed by atoms with van der Waals surface area (Å²) in [5.74, 6) is 0. The van der Waals surface area contributed by atoms with Crippen molar-refractivity contribution in [3.8, 4) is 6.07 Å². The zero-order valence-electron chi connectivity index (χ0n) is 11.1. The van der Waals surface area contributed by atoms with Gasteiger partial charge in [-0.25, -0.2) is 8.42 Å². The third-order valence-electron chi connectivity index (χ3n) is 2.51. The van der Waals surface area contributed by atoms with Crippen molar-refractivity contribution in [3.05, 3.63) is 29.8 Å². The summed E-state index contributed by atoms with van der Waals surface area (Å²) in [6.45, 7) is 7.37. The molecule has 0 saturated heterocycles. The molecule has 18 heavy (non-hydrogen) atoms. The normalized spacial score (nSPS) is 13.9. The first-order valence-corrected chi connectivity index (χ1v) is 7.18. The summed E-state index contributed by atoms with van der Waals surface area (Å²) < 4.78 is 26.8. The quantitative estimate of drug-likeness (QED) is 0.911. The predicted molar refractivity (Wildman–Crippen MR) is 70.5 cm³/mol. The minimum Gasteiger partial charge on any atom is -0.207 e. The second-order valence-electron chi connectivity index (χ2n) is 5.22. The number of nitrogens with one attached hydrogen (secondary N) is 1. The number of nitriles is 1. The molecule has 0 spiro atoms. The van der Waals surface area contributed by atoms with Crippen molar-refractivity contribution >= 4 is 10.0 Å². The van der Waals surface area contributed by atoms with Crippen LogP contribution in [0.4, 0.5) is 0 Å². The Kier molecular flexibility index (Phi) is 4.15. The van der Waals surface area contributed by atoms with E-state index < -0.39 is 16.1 Å². The summed E-state index contributed by atoms with van der Waals surface area (Å²) in [7, 11) is -3.66. The topological polar surface area (TPSA) is 70.0 Å². The summed E-state index contributed by atoms with van der Waals surface area (Å²) in [5.41, 5.74) is 0.462. The Hall–Kier alpha value is -1.38. The van der Waals surface area contributed by atoms with Crippen LogP contribution in [0.25, 0.3) is 0 Å². The van der Waals surface area contributed by atoms with E-state index >= 15 is 0 Å². The van der Waals surface area contributed by atoms with Crippen LogP contribution in [0.1, 0.15) is 33.3 Å². The van der Waals surface area contributed by atoms with Gasteiger partial charge in [0, 0.05) is 0 Å². The van der Waals surface area contributed by atoms with Gasteiger partial charge in [0.05, 0.1) is 11.0 Å². The van der Waals surface area contributed by atoms with E-state index in [9.17, 15) is 8.42 Å². The first-order valence-electron chi connectivity index (χ1n) is 5.70. The van der Waals surface area contributed by atoms with E-state index in [1.165, 1.54) is 6.92 Å². The molecule has 0 aliphatic carbocycles. The number of nitrogens with zero attached hydrogens (tertiary/aromatic N) is 1. The number of hydrogen-bond acceptors (Lipinski definition) is 3. The SMILES string of the molecule is C[C@H](C#N)NS(=O)(=O)c1ccccc1C(C)(C)C. The highest BCUT2D eigenvalue weighted by molar-refractivity contribution is 7.89. The highest BCUT2D eigenvalue weighted by Gasteiger charge is 2.26. The van der Waals surface area contributed by atoms with Crippen molar-refractivity contribution in [1.29, 1.82) is 5.26 Å². The number of sulfonamides is 1. The molecule has 0 aliphatic heterocycles. The fraction of sp³-hybridized carbons (Fsp3) is 0.462. The van der Waals surface area contributed by atoms with E-state index in [1.807, 2.05) is 32.9 Å². The van der Waals surface area contributed by atoms with E-state index in [4.69, 9.17) is 5.26 Å². The Labute approximate surface area is 109 Å². The van der Waals surface area contributed by atoms with Gasteiger partial charge in [-0.15, -0.1) is 0 Å². The molecule has 1 rings (SSSR count). The second-order valence-corrected chi connectivity index (χ2v) is 6.90. The Morgan fingerprint density at radius 1 is 1.28 bits per heavy atom. The standard InChI is InChI=1S/C13H18N2O2S/c1-10(9-14)15-18(16,17)12-8-6-5-7-11(12)13(2,3)4/h5-8,10,15H,1-4H3/t10-/m1/s1. The highest BCUT2D eigenvalue weighted by atomic mass is 32.2. The van der Waals surface area contributed by atoms with E-state index in [0.717, 1.165) is 5.56 Å². The van der Waals surface area contributed by atoms with Crippen molar-refractivity contribution in [2.45, 2.75) is 44.0 Å². The molecule has 0 saturated carbocycles. The molecule has 1 N–H and O–H groups in total. The Morgan fingerprint density at radius 2 is 1.83 bits per heavy atom. The molecule has 0 unspecified atom stereocenters. The van der Waals surface area contributed by atoms with Gasteiger partial charge < -0.3 is 0 Å². The predicted octanol–water partition coefficient (Wildman–Crippen LogP) is 2.17. The van der Waals surface area contributed by atoms with Crippen molar-refractivity contribution in [3.63, 3.8) is 0 Å². The van der Waals surface area contributed by atoms with Gasteiger partial charge in [0.25, 0.3) is 0 Å². The minimum absolute atomic E-state index is 0.236. The van der Waals surface area contributed by atoms with E-state index in [1.54, 1.807) is 18.2 Å². The van der Waals surface area contributed by atoms with Crippen LogP contribution in [-0.2, 0) is 15.4 Å². The van der Waals surface area contributed by atoms with Crippen molar-refractivity contribution in [2.24, 2.45) is 0 Å². The molecule has 1 atom stereocenters. The Morgan fingerprint density at radius 3 is 2.33 bits per heavy atom. The lowest BCUT2D eigenvalue weighted by atomic mass is 9.87.